The molecule has 0 radical (unpaired) electrons. The van der Waals surface area contributed by atoms with Crippen molar-refractivity contribution < 1.29 is 67.6 Å². The van der Waals surface area contributed by atoms with Gasteiger partial charge in [0, 0.05) is 34.1 Å². The predicted octanol–water partition coefficient (Wildman–Crippen LogP) is 1.58. The molecule has 5 N–H and O–H groups in total. The van der Waals surface area contributed by atoms with E-state index in [0.29, 0.717) is 17.7 Å². The second-order valence-electron chi connectivity index (χ2n) is 21.1. The Morgan fingerprint density at radius 3 is 2.00 bits per heavy atom. The fraction of sp³-hybridized carbons (Fsp3) is 0.712. The van der Waals surface area contributed by atoms with Gasteiger partial charge in [0.05, 0.1) is 25.7 Å². The van der Waals surface area contributed by atoms with E-state index in [9.17, 15) is 53.4 Å². The molecule has 2 fully saturated rings. The molecule has 11 atom stereocenters. The fourth-order valence-corrected chi connectivity index (χ4v) is 9.08. The molecule has 2 saturated heterocycles. The summed E-state index contributed by atoms with van der Waals surface area (Å²) in [6.07, 6.45) is -5.74. The van der Waals surface area contributed by atoms with E-state index in [4.69, 9.17) is 14.2 Å². The first kappa shape index (κ1) is 61.5. The molecule has 0 aliphatic carbocycles. The van der Waals surface area contributed by atoms with E-state index in [1.807, 2.05) is 27.7 Å². The fourth-order valence-electron chi connectivity index (χ4n) is 9.08. The topological polar surface area (TPSA) is 271 Å². The van der Waals surface area contributed by atoms with Gasteiger partial charge in [0.15, 0.2) is 6.10 Å². The Labute approximate surface area is 430 Å². The average molecular weight is 1030 g/mol. The first-order valence-corrected chi connectivity index (χ1v) is 25.4. The summed E-state index contributed by atoms with van der Waals surface area (Å²) in [5.74, 6) is -8.04. The van der Waals surface area contributed by atoms with Gasteiger partial charge in [-0.2, -0.15) is 0 Å². The van der Waals surface area contributed by atoms with Crippen molar-refractivity contribution in [2.45, 2.75) is 181 Å². The van der Waals surface area contributed by atoms with Crippen LogP contribution < -0.4 is 20.7 Å². The van der Waals surface area contributed by atoms with Crippen molar-refractivity contribution in [3.05, 3.63) is 29.8 Å². The van der Waals surface area contributed by atoms with Crippen LogP contribution in [-0.2, 0) is 59.0 Å². The number of carbonyl (C=O) groups is 9. The predicted molar refractivity (Wildman–Crippen MR) is 269 cm³/mol. The van der Waals surface area contributed by atoms with Crippen LogP contribution in [0.1, 0.15) is 114 Å². The number of nitrogens with zero attached hydrogens (tertiary/aromatic N) is 4. The molecular weight excluding hydrogens is 947 g/mol. The van der Waals surface area contributed by atoms with E-state index in [1.165, 1.54) is 58.8 Å². The molecule has 0 aromatic heterocycles. The zero-order valence-corrected chi connectivity index (χ0v) is 45.5. The summed E-state index contributed by atoms with van der Waals surface area (Å²) in [6, 6.07) is -2.21. The van der Waals surface area contributed by atoms with Crippen molar-refractivity contribution in [2.75, 3.05) is 34.8 Å². The lowest BCUT2D eigenvalue weighted by Crippen LogP contribution is -2.62. The molecule has 0 bridgehead atoms. The number of ether oxygens (including phenoxy) is 3. The number of methoxy groups -OCH3 is 1. The van der Waals surface area contributed by atoms with Crippen LogP contribution in [-0.4, -0.2) is 185 Å². The molecule has 1 aromatic rings. The number of esters is 2. The van der Waals surface area contributed by atoms with Gasteiger partial charge in [-0.15, -0.1) is 0 Å². The van der Waals surface area contributed by atoms with E-state index < -0.39 is 138 Å². The number of aliphatic hydroxyl groups excluding tert-OH is 2. The molecule has 2 heterocycles. The number of hydrogen-bond donors (Lipinski definition) is 5. The number of likely N-dealkylation sites (N-methyl/N-ethyl adjacent to an activating group) is 3. The van der Waals surface area contributed by atoms with E-state index in [2.05, 4.69) is 16.0 Å². The number of amides is 7. The quantitative estimate of drug-likeness (QED) is 0.166. The van der Waals surface area contributed by atoms with Crippen LogP contribution in [0.4, 0.5) is 0 Å². The lowest BCUT2D eigenvalue weighted by molar-refractivity contribution is -0.162. The smallest absolute Gasteiger partial charge is 0.329 e. The van der Waals surface area contributed by atoms with Gasteiger partial charge in [-0.25, -0.2) is 4.79 Å². The first-order valence-electron chi connectivity index (χ1n) is 25.4. The third-order valence-electron chi connectivity index (χ3n) is 13.6. The van der Waals surface area contributed by atoms with Crippen LogP contribution in [0.2, 0.25) is 0 Å². The Morgan fingerprint density at radius 2 is 1.47 bits per heavy atom. The maximum Gasteiger partial charge on any atom is 0.329 e. The molecule has 1 aromatic carbocycles. The van der Waals surface area contributed by atoms with Gasteiger partial charge in [0.2, 0.25) is 29.5 Å². The zero-order chi connectivity index (χ0) is 55.3. The first-order chi connectivity index (χ1) is 34.0. The van der Waals surface area contributed by atoms with Crippen LogP contribution in [0.15, 0.2) is 24.3 Å². The second kappa shape index (κ2) is 27.5. The highest BCUT2D eigenvalue weighted by Gasteiger charge is 2.44. The number of hydrogen-bond acceptors (Lipinski definition) is 14. The minimum atomic E-state index is -1.74. The Hall–Kier alpha value is -5.83. The van der Waals surface area contributed by atoms with Crippen LogP contribution >= 0.6 is 0 Å². The largest absolute Gasteiger partial charge is 0.497 e. The summed E-state index contributed by atoms with van der Waals surface area (Å²) in [4.78, 5) is 132. The second-order valence-corrected chi connectivity index (χ2v) is 21.1. The standard InChI is InChI=1S/C52H83N7O14/c1-27(2)23-36-50(68)56(12)31(9)48(66)58(14)39(25-34-18-20-35(71-15)21-19-34)52(70)72-33(11)43(46(64)54-42(29(5)6)40(61)26-41(62)73-44(30(7)8)47(65)53-36)55-45(63)38(24-28(3)4)57(13)51(69)37-17-16-22-59(37)49(67)32(10)60/h18-21,27-33,36-40,42-44,60-61H,16-17,22-26H2,1-15H3,(H,53,65)(H,54,64)(H,55,63)/t31-,32-,33+,36-,37?,38+,39-,40-,42?,43-,44-/m0/s1. The molecule has 3 rings (SSSR count). The summed E-state index contributed by atoms with van der Waals surface area (Å²) in [6.45, 7) is 18.3. The molecule has 2 aliphatic heterocycles. The number of cyclic esters (lactones) is 2. The van der Waals surface area contributed by atoms with Crippen molar-refractivity contribution >= 4 is 53.3 Å². The van der Waals surface area contributed by atoms with Crippen LogP contribution in [0, 0.1) is 23.7 Å². The number of carbonyl (C=O) groups excluding carboxylic acids is 9. The highest BCUT2D eigenvalue weighted by atomic mass is 16.6. The number of benzene rings is 1. The van der Waals surface area contributed by atoms with Crippen molar-refractivity contribution in [1.29, 1.82) is 0 Å². The molecule has 0 saturated carbocycles. The van der Waals surface area contributed by atoms with Crippen LogP contribution in [0.3, 0.4) is 0 Å². The summed E-state index contributed by atoms with van der Waals surface area (Å²) in [7, 11) is 5.65. The minimum Gasteiger partial charge on any atom is -0.497 e. The van der Waals surface area contributed by atoms with Gasteiger partial charge in [0.25, 0.3) is 11.8 Å². The van der Waals surface area contributed by atoms with Crippen LogP contribution in [0.5, 0.6) is 5.75 Å². The molecule has 21 heteroatoms. The molecule has 0 spiro atoms. The Morgan fingerprint density at radius 1 is 0.849 bits per heavy atom. The Balaban J connectivity index is 2.23. The SMILES string of the molecule is COc1ccc(C[C@H]2C(=O)O[C@H](C)[C@H](NC(=O)[C@@H](CC(C)C)N(C)C(=O)C3CCCN3C(=O)[C@H](C)O)C(=O)NC(C(C)C)[C@@H](O)CC(=O)O[C@@H](C(C)C)C(=O)N[C@@H](CC(C)C)C(=O)N(C)[C@@H](C)C(=O)N2C)cc1. The van der Waals surface area contributed by atoms with E-state index in [0.717, 1.165) is 9.80 Å². The summed E-state index contributed by atoms with van der Waals surface area (Å²) < 4.78 is 17.1. The van der Waals surface area contributed by atoms with Crippen molar-refractivity contribution in [2.24, 2.45) is 23.7 Å². The highest BCUT2D eigenvalue weighted by Crippen LogP contribution is 2.24. The van der Waals surface area contributed by atoms with Crippen LogP contribution in [0.25, 0.3) is 0 Å². The molecular formula is C52H83N7O14. The Bertz CT molecular complexity index is 2100. The molecule has 410 valence electrons. The normalized spacial score (nSPS) is 26.5. The van der Waals surface area contributed by atoms with Gasteiger partial charge in [-0.05, 0) is 87.8 Å². The third-order valence-corrected chi connectivity index (χ3v) is 13.6. The monoisotopic (exact) mass is 1030 g/mol. The molecule has 21 nitrogen and oxygen atoms in total. The summed E-state index contributed by atoms with van der Waals surface area (Å²) in [5, 5.41) is 29.9. The van der Waals surface area contributed by atoms with Gasteiger partial charge in [-0.1, -0.05) is 67.5 Å². The Kier molecular flexibility index (Phi) is 23.1. The average Bonchev–Trinajstić information content (AvgIpc) is 3.82. The highest BCUT2D eigenvalue weighted by molar-refractivity contribution is 5.96. The molecule has 2 aliphatic rings. The molecule has 73 heavy (non-hydrogen) atoms. The summed E-state index contributed by atoms with van der Waals surface area (Å²) in [5.41, 5.74) is 0.574. The number of rotatable bonds is 14. The van der Waals surface area contributed by atoms with E-state index in [1.54, 1.807) is 52.0 Å². The van der Waals surface area contributed by atoms with Crippen molar-refractivity contribution in [1.82, 2.24) is 35.6 Å². The maximum absolute atomic E-state index is 14.8. The van der Waals surface area contributed by atoms with E-state index >= 15 is 0 Å². The number of nitrogens with one attached hydrogen (secondary N) is 3. The third kappa shape index (κ3) is 16.6. The lowest BCUT2D eigenvalue weighted by atomic mass is 9.95. The van der Waals surface area contributed by atoms with Gasteiger partial charge in [-0.3, -0.25) is 38.4 Å². The number of likely N-dealkylation sites (tertiary alicyclic amines) is 1. The van der Waals surface area contributed by atoms with E-state index in [-0.39, 0.29) is 44.1 Å². The molecule has 2 unspecified atom stereocenters. The minimum absolute atomic E-state index is 0.0860. The maximum atomic E-state index is 14.8. The van der Waals surface area contributed by atoms with Crippen molar-refractivity contribution in [3.8, 4) is 5.75 Å². The molecule has 7 amide bonds. The van der Waals surface area contributed by atoms with Crippen molar-refractivity contribution in [3.63, 3.8) is 0 Å². The van der Waals surface area contributed by atoms with Gasteiger partial charge >= 0.3 is 11.9 Å². The summed E-state index contributed by atoms with van der Waals surface area (Å²) >= 11 is 0. The van der Waals surface area contributed by atoms with Gasteiger partial charge in [0.1, 0.15) is 54.2 Å². The lowest BCUT2D eigenvalue weighted by Gasteiger charge is -2.36. The number of aliphatic hydroxyl groups is 2. The zero-order valence-electron chi connectivity index (χ0n) is 45.5. The van der Waals surface area contributed by atoms with Gasteiger partial charge < -0.3 is 60.0 Å².